The zero-order valence-electron chi connectivity index (χ0n) is 12.9. The van der Waals surface area contributed by atoms with Crippen LogP contribution in [-0.2, 0) is 18.3 Å². The molecule has 0 spiro atoms. The summed E-state index contributed by atoms with van der Waals surface area (Å²) in [4.78, 5) is 16.1. The minimum absolute atomic E-state index is 0.0598. The maximum atomic E-state index is 11.6. The van der Waals surface area contributed by atoms with Crippen LogP contribution in [0.2, 0.25) is 0 Å². The Balaban J connectivity index is 2.07. The SMILES string of the molecule is COc1ccc2c(c1)nc(CCNC(=O)C=C(C)C)n2C. The van der Waals surface area contributed by atoms with Crippen LogP contribution >= 0.6 is 0 Å². The van der Waals surface area contributed by atoms with Gasteiger partial charge in [0, 0.05) is 32.2 Å². The molecule has 5 nitrogen and oxygen atoms in total. The van der Waals surface area contributed by atoms with E-state index in [1.807, 2.05) is 43.7 Å². The molecular weight excluding hydrogens is 266 g/mol. The summed E-state index contributed by atoms with van der Waals surface area (Å²) in [7, 11) is 3.62. The molecule has 0 bridgehead atoms. The number of carbonyl (C=O) groups is 1. The predicted molar refractivity (Wildman–Crippen MR) is 83.4 cm³/mol. The topological polar surface area (TPSA) is 56.1 Å². The number of ether oxygens (including phenoxy) is 1. The molecule has 0 saturated heterocycles. The van der Waals surface area contributed by atoms with Crippen molar-refractivity contribution in [3.05, 3.63) is 35.7 Å². The van der Waals surface area contributed by atoms with E-state index < -0.39 is 0 Å². The van der Waals surface area contributed by atoms with Crippen LogP contribution in [0.1, 0.15) is 19.7 Å². The lowest BCUT2D eigenvalue weighted by Gasteiger charge is -2.04. The van der Waals surface area contributed by atoms with Gasteiger partial charge in [-0.15, -0.1) is 0 Å². The highest BCUT2D eigenvalue weighted by atomic mass is 16.5. The monoisotopic (exact) mass is 287 g/mol. The number of aromatic nitrogens is 2. The van der Waals surface area contributed by atoms with Crippen molar-refractivity contribution >= 4 is 16.9 Å². The van der Waals surface area contributed by atoms with Crippen LogP contribution in [0.25, 0.3) is 11.0 Å². The molecule has 1 aromatic carbocycles. The number of imidazole rings is 1. The lowest BCUT2D eigenvalue weighted by Crippen LogP contribution is -2.24. The predicted octanol–water partition coefficient (Wildman–Crippen LogP) is 2.21. The average molecular weight is 287 g/mol. The van der Waals surface area contributed by atoms with Crippen molar-refractivity contribution in [2.45, 2.75) is 20.3 Å². The molecule has 2 aromatic rings. The first-order chi connectivity index (χ1) is 10.0. The average Bonchev–Trinajstić information content (AvgIpc) is 2.74. The van der Waals surface area contributed by atoms with Crippen LogP contribution < -0.4 is 10.1 Å². The lowest BCUT2D eigenvalue weighted by molar-refractivity contribution is -0.116. The molecule has 0 fully saturated rings. The highest BCUT2D eigenvalue weighted by molar-refractivity contribution is 5.88. The molecule has 5 heteroatoms. The van der Waals surface area contributed by atoms with E-state index in [4.69, 9.17) is 4.74 Å². The van der Waals surface area contributed by atoms with Gasteiger partial charge in [0.1, 0.15) is 11.6 Å². The number of aryl methyl sites for hydroxylation is 1. The minimum atomic E-state index is -0.0598. The Hall–Kier alpha value is -2.30. The van der Waals surface area contributed by atoms with E-state index in [1.165, 1.54) is 0 Å². The Morgan fingerprint density at radius 2 is 2.19 bits per heavy atom. The first-order valence-corrected chi connectivity index (χ1v) is 6.93. The fraction of sp³-hybridized carbons (Fsp3) is 0.375. The quantitative estimate of drug-likeness (QED) is 0.858. The number of allylic oxidation sites excluding steroid dienone is 1. The molecule has 0 atom stereocenters. The van der Waals surface area contributed by atoms with Crippen molar-refractivity contribution in [2.24, 2.45) is 7.05 Å². The van der Waals surface area contributed by atoms with E-state index in [-0.39, 0.29) is 5.91 Å². The first kappa shape index (κ1) is 15.1. The number of rotatable bonds is 5. The van der Waals surface area contributed by atoms with Gasteiger partial charge in [-0.3, -0.25) is 4.79 Å². The highest BCUT2D eigenvalue weighted by Crippen LogP contribution is 2.20. The number of benzene rings is 1. The van der Waals surface area contributed by atoms with E-state index in [9.17, 15) is 4.79 Å². The third kappa shape index (κ3) is 3.62. The van der Waals surface area contributed by atoms with Gasteiger partial charge in [0.25, 0.3) is 0 Å². The van der Waals surface area contributed by atoms with E-state index in [1.54, 1.807) is 13.2 Å². The first-order valence-electron chi connectivity index (χ1n) is 6.93. The fourth-order valence-electron chi connectivity index (χ4n) is 2.19. The van der Waals surface area contributed by atoms with Gasteiger partial charge in [-0.05, 0) is 26.0 Å². The zero-order valence-corrected chi connectivity index (χ0v) is 12.9. The summed E-state index contributed by atoms with van der Waals surface area (Å²) in [6, 6.07) is 5.83. The Kier molecular flexibility index (Phi) is 4.62. The third-order valence-electron chi connectivity index (χ3n) is 3.25. The Morgan fingerprint density at radius 1 is 1.43 bits per heavy atom. The number of nitrogens with one attached hydrogen (secondary N) is 1. The van der Waals surface area contributed by atoms with Gasteiger partial charge in [-0.25, -0.2) is 4.98 Å². The van der Waals surface area contributed by atoms with Crippen molar-refractivity contribution in [3.63, 3.8) is 0 Å². The van der Waals surface area contributed by atoms with Gasteiger partial charge >= 0.3 is 0 Å². The van der Waals surface area contributed by atoms with E-state index in [0.29, 0.717) is 13.0 Å². The van der Waals surface area contributed by atoms with Crippen LogP contribution in [0, 0.1) is 0 Å². The number of amides is 1. The fourth-order valence-corrected chi connectivity index (χ4v) is 2.19. The highest BCUT2D eigenvalue weighted by Gasteiger charge is 2.08. The largest absolute Gasteiger partial charge is 0.497 e. The van der Waals surface area contributed by atoms with Gasteiger partial charge < -0.3 is 14.6 Å². The lowest BCUT2D eigenvalue weighted by atomic mass is 10.3. The van der Waals surface area contributed by atoms with E-state index >= 15 is 0 Å². The minimum Gasteiger partial charge on any atom is -0.497 e. The molecule has 1 aromatic heterocycles. The van der Waals surface area contributed by atoms with Crippen molar-refractivity contribution in [2.75, 3.05) is 13.7 Å². The summed E-state index contributed by atoms with van der Waals surface area (Å²) >= 11 is 0. The Bertz CT molecular complexity index is 682. The molecule has 0 aliphatic heterocycles. The molecule has 1 heterocycles. The standard InChI is InChI=1S/C16H21N3O2/c1-11(2)9-16(20)17-8-7-15-18-13-10-12(21-4)5-6-14(13)19(15)3/h5-6,9-10H,7-8H2,1-4H3,(H,17,20). The summed E-state index contributed by atoms with van der Waals surface area (Å²) in [6.45, 7) is 4.37. The van der Waals surface area contributed by atoms with Crippen LogP contribution in [0.15, 0.2) is 29.8 Å². The van der Waals surface area contributed by atoms with Crippen molar-refractivity contribution in [1.29, 1.82) is 0 Å². The molecule has 0 radical (unpaired) electrons. The molecule has 0 saturated carbocycles. The van der Waals surface area contributed by atoms with Crippen molar-refractivity contribution < 1.29 is 9.53 Å². The van der Waals surface area contributed by atoms with Gasteiger partial charge in [0.2, 0.25) is 5.91 Å². The summed E-state index contributed by atoms with van der Waals surface area (Å²) in [5.41, 5.74) is 2.95. The number of methoxy groups -OCH3 is 1. The van der Waals surface area contributed by atoms with Crippen molar-refractivity contribution in [3.8, 4) is 5.75 Å². The number of carbonyl (C=O) groups excluding carboxylic acids is 1. The molecule has 0 aliphatic carbocycles. The summed E-state index contributed by atoms with van der Waals surface area (Å²) in [6.07, 6.45) is 2.29. The van der Waals surface area contributed by atoms with Gasteiger partial charge in [0.15, 0.2) is 0 Å². The molecule has 112 valence electrons. The maximum Gasteiger partial charge on any atom is 0.243 e. The maximum absolute atomic E-state index is 11.6. The van der Waals surface area contributed by atoms with Gasteiger partial charge in [0.05, 0.1) is 18.1 Å². The van der Waals surface area contributed by atoms with Gasteiger partial charge in [-0.1, -0.05) is 5.57 Å². The molecular formula is C16H21N3O2. The summed E-state index contributed by atoms with van der Waals surface area (Å²) < 4.78 is 7.25. The zero-order chi connectivity index (χ0) is 15.4. The second-order valence-corrected chi connectivity index (χ2v) is 5.20. The summed E-state index contributed by atoms with van der Waals surface area (Å²) in [5, 5.41) is 2.86. The van der Waals surface area contributed by atoms with Crippen LogP contribution in [0.3, 0.4) is 0 Å². The smallest absolute Gasteiger partial charge is 0.243 e. The molecule has 21 heavy (non-hydrogen) atoms. The summed E-state index contributed by atoms with van der Waals surface area (Å²) in [5.74, 6) is 1.68. The van der Waals surface area contributed by atoms with Crippen LogP contribution in [0.5, 0.6) is 5.75 Å². The number of hydrogen-bond donors (Lipinski definition) is 1. The van der Waals surface area contributed by atoms with Crippen LogP contribution in [0.4, 0.5) is 0 Å². The van der Waals surface area contributed by atoms with E-state index in [2.05, 4.69) is 10.3 Å². The molecule has 0 aliphatic rings. The second-order valence-electron chi connectivity index (χ2n) is 5.20. The number of fused-ring (bicyclic) bond motifs is 1. The second kappa shape index (κ2) is 6.43. The normalized spacial score (nSPS) is 10.5. The molecule has 0 unspecified atom stereocenters. The Labute approximate surface area is 124 Å². The van der Waals surface area contributed by atoms with Crippen molar-refractivity contribution in [1.82, 2.24) is 14.9 Å². The Morgan fingerprint density at radius 3 is 2.86 bits per heavy atom. The molecule has 1 amide bonds. The number of hydrogen-bond acceptors (Lipinski definition) is 3. The van der Waals surface area contributed by atoms with Gasteiger partial charge in [-0.2, -0.15) is 0 Å². The molecule has 2 rings (SSSR count). The number of nitrogens with zero attached hydrogens (tertiary/aromatic N) is 2. The third-order valence-corrected chi connectivity index (χ3v) is 3.25. The van der Waals surface area contributed by atoms with Crippen LogP contribution in [-0.4, -0.2) is 29.1 Å². The van der Waals surface area contributed by atoms with E-state index in [0.717, 1.165) is 28.2 Å². The molecule has 1 N–H and O–H groups in total.